The summed E-state index contributed by atoms with van der Waals surface area (Å²) in [5.41, 5.74) is 5.43. The van der Waals surface area contributed by atoms with Crippen LogP contribution in [0.5, 0.6) is 0 Å². The van der Waals surface area contributed by atoms with E-state index in [0.717, 1.165) is 47.3 Å². The first-order chi connectivity index (χ1) is 12.8. The third-order valence-electron chi connectivity index (χ3n) is 5.27. The zero-order chi connectivity index (χ0) is 19.6. The van der Waals surface area contributed by atoms with Crippen LogP contribution in [0.1, 0.15) is 63.6 Å². The van der Waals surface area contributed by atoms with Gasteiger partial charge in [0.2, 0.25) is 5.91 Å². The molecule has 1 aliphatic carbocycles. The van der Waals surface area contributed by atoms with E-state index in [1.807, 2.05) is 12.1 Å². The van der Waals surface area contributed by atoms with E-state index in [1.54, 1.807) is 12.1 Å². The Hall–Kier alpha value is -2.94. The van der Waals surface area contributed by atoms with Gasteiger partial charge in [0.05, 0.1) is 17.3 Å². The monoisotopic (exact) mass is 364 g/mol. The molecule has 6 heteroatoms. The van der Waals surface area contributed by atoms with Crippen LogP contribution in [-0.2, 0) is 4.79 Å². The lowest BCUT2D eigenvalue weighted by Gasteiger charge is -2.34. The fourth-order valence-electron chi connectivity index (χ4n) is 3.63. The number of nitrogens with zero attached hydrogens (tertiary/aromatic N) is 3. The van der Waals surface area contributed by atoms with Gasteiger partial charge in [0.1, 0.15) is 0 Å². The summed E-state index contributed by atoms with van der Waals surface area (Å²) in [6, 6.07) is 10.8. The van der Waals surface area contributed by atoms with Gasteiger partial charge in [-0.15, -0.1) is 4.79 Å². The van der Waals surface area contributed by atoms with Crippen LogP contribution >= 0.6 is 0 Å². The van der Waals surface area contributed by atoms with Crippen molar-refractivity contribution in [2.75, 3.05) is 5.43 Å². The Balaban J connectivity index is 2.07. The number of rotatable bonds is 3. The Morgan fingerprint density at radius 2 is 1.89 bits per heavy atom. The van der Waals surface area contributed by atoms with Crippen LogP contribution in [0.3, 0.4) is 0 Å². The van der Waals surface area contributed by atoms with Crippen molar-refractivity contribution in [1.29, 1.82) is 5.26 Å². The molecule has 0 bridgehead atoms. The average molecular weight is 364 g/mol. The maximum Gasteiger partial charge on any atom is 0.286 e. The molecule has 0 atom stereocenters. The highest BCUT2D eigenvalue weighted by Crippen LogP contribution is 2.43. The van der Waals surface area contributed by atoms with Crippen molar-refractivity contribution in [3.05, 3.63) is 51.9 Å². The van der Waals surface area contributed by atoms with Gasteiger partial charge in [0.25, 0.3) is 5.56 Å². The van der Waals surface area contributed by atoms with E-state index in [1.165, 1.54) is 13.0 Å². The van der Waals surface area contributed by atoms with E-state index < -0.39 is 0 Å². The number of carbonyl (C=O) groups excluding carboxylic acids is 1. The molecule has 1 aliphatic rings. The van der Waals surface area contributed by atoms with Crippen molar-refractivity contribution in [3.63, 3.8) is 0 Å². The Labute approximate surface area is 158 Å². The number of nitrogens with one attached hydrogen (secondary N) is 1. The molecule has 0 saturated heterocycles. The normalized spacial score (nSPS) is 16.5. The molecule has 3 rings (SSSR count). The number of amides is 1. The number of hydrogen-bond donors (Lipinski definition) is 1. The second-order valence-corrected chi connectivity index (χ2v) is 7.99. The lowest BCUT2D eigenvalue weighted by atomic mass is 9.71. The molecule has 0 unspecified atom stereocenters. The van der Waals surface area contributed by atoms with Crippen LogP contribution in [-0.4, -0.2) is 15.8 Å². The van der Waals surface area contributed by atoms with Gasteiger partial charge in [-0.05, 0) is 48.8 Å². The number of aromatic nitrogens is 2. The van der Waals surface area contributed by atoms with Crippen LogP contribution in [0.2, 0.25) is 0 Å². The van der Waals surface area contributed by atoms with Crippen molar-refractivity contribution in [1.82, 2.24) is 9.89 Å². The second kappa shape index (κ2) is 7.36. The number of carbonyl (C=O) groups is 1. The molecule has 6 nitrogen and oxygen atoms in total. The lowest BCUT2D eigenvalue weighted by molar-refractivity contribution is -0.115. The van der Waals surface area contributed by atoms with Crippen LogP contribution in [0.4, 0.5) is 0 Å². The van der Waals surface area contributed by atoms with Crippen LogP contribution in [0.15, 0.2) is 35.1 Å². The molecule has 0 aliphatic heterocycles. The molecule has 0 radical (unpaired) electrons. The smallest absolute Gasteiger partial charge is 0.274 e. The molecule has 0 spiro atoms. The fourth-order valence-corrected chi connectivity index (χ4v) is 3.63. The average Bonchev–Trinajstić information content (AvgIpc) is 2.63. The van der Waals surface area contributed by atoms with E-state index in [0.29, 0.717) is 11.0 Å². The summed E-state index contributed by atoms with van der Waals surface area (Å²) in [4.78, 5) is 24.9. The molecule has 1 aromatic heterocycles. The van der Waals surface area contributed by atoms with Crippen LogP contribution in [0.25, 0.3) is 11.1 Å². The van der Waals surface area contributed by atoms with Gasteiger partial charge in [0, 0.05) is 24.5 Å². The zero-order valence-electron chi connectivity index (χ0n) is 16.0. The van der Waals surface area contributed by atoms with Crippen molar-refractivity contribution >= 4 is 5.91 Å². The minimum absolute atomic E-state index is 0.226. The summed E-state index contributed by atoms with van der Waals surface area (Å²) in [6.45, 7) is 5.90. The minimum atomic E-state index is -0.385. The van der Waals surface area contributed by atoms with Gasteiger partial charge in [-0.1, -0.05) is 26.0 Å². The van der Waals surface area contributed by atoms with E-state index in [2.05, 4.69) is 30.4 Å². The Morgan fingerprint density at radius 3 is 2.44 bits per heavy atom. The molecule has 1 heterocycles. The van der Waals surface area contributed by atoms with E-state index in [4.69, 9.17) is 5.26 Å². The Kier molecular flexibility index (Phi) is 5.13. The largest absolute Gasteiger partial charge is 0.286 e. The zero-order valence-corrected chi connectivity index (χ0v) is 16.0. The summed E-state index contributed by atoms with van der Waals surface area (Å²) in [7, 11) is 0. The summed E-state index contributed by atoms with van der Waals surface area (Å²) < 4.78 is 0. The SMILES string of the molecule is CC(=O)Nn1nc(C2CCC(C)(C)CC2)c(-c2ccc(C#N)cc2)cc1=O. The van der Waals surface area contributed by atoms with Crippen molar-refractivity contribution in [2.45, 2.75) is 52.4 Å². The highest BCUT2D eigenvalue weighted by molar-refractivity contribution is 5.80. The van der Waals surface area contributed by atoms with Crippen molar-refractivity contribution in [3.8, 4) is 17.2 Å². The van der Waals surface area contributed by atoms with Gasteiger partial charge >= 0.3 is 0 Å². The molecule has 1 aromatic carbocycles. The summed E-state index contributed by atoms with van der Waals surface area (Å²) in [6.07, 6.45) is 4.15. The third kappa shape index (κ3) is 4.25. The topological polar surface area (TPSA) is 87.8 Å². The number of benzene rings is 1. The molecule has 1 N–H and O–H groups in total. The highest BCUT2D eigenvalue weighted by Gasteiger charge is 2.30. The summed E-state index contributed by atoms with van der Waals surface area (Å²) in [5, 5.41) is 13.5. The molecule has 1 amide bonds. The standard InChI is InChI=1S/C21H24N4O2/c1-14(26)23-25-19(27)12-18(16-6-4-15(13-22)5-7-16)20(24-25)17-8-10-21(2,3)11-9-17/h4-7,12,17H,8-11H2,1-3H3,(H,23,26). The van der Waals surface area contributed by atoms with Gasteiger partial charge in [-0.2, -0.15) is 10.4 Å². The first-order valence-corrected chi connectivity index (χ1v) is 9.21. The number of nitriles is 1. The molecule has 2 aromatic rings. The van der Waals surface area contributed by atoms with Crippen LogP contribution in [0, 0.1) is 16.7 Å². The third-order valence-corrected chi connectivity index (χ3v) is 5.27. The molecule has 27 heavy (non-hydrogen) atoms. The molecular weight excluding hydrogens is 340 g/mol. The predicted octanol–water partition coefficient (Wildman–Crippen LogP) is 3.56. The quantitative estimate of drug-likeness (QED) is 0.902. The first kappa shape index (κ1) is 18.8. The van der Waals surface area contributed by atoms with Crippen molar-refractivity contribution in [2.24, 2.45) is 5.41 Å². The second-order valence-electron chi connectivity index (χ2n) is 7.99. The Bertz CT molecular complexity index is 942. The van der Waals surface area contributed by atoms with E-state index in [9.17, 15) is 9.59 Å². The van der Waals surface area contributed by atoms with Gasteiger partial charge < -0.3 is 0 Å². The van der Waals surface area contributed by atoms with E-state index >= 15 is 0 Å². The fraction of sp³-hybridized carbons (Fsp3) is 0.429. The minimum Gasteiger partial charge on any atom is -0.274 e. The van der Waals surface area contributed by atoms with Gasteiger partial charge in [-0.25, -0.2) is 5.43 Å². The maximum atomic E-state index is 12.4. The highest BCUT2D eigenvalue weighted by atomic mass is 16.2. The lowest BCUT2D eigenvalue weighted by Crippen LogP contribution is -2.35. The molecule has 1 fully saturated rings. The molecule has 1 saturated carbocycles. The van der Waals surface area contributed by atoms with Crippen LogP contribution < -0.4 is 11.0 Å². The number of hydrogen-bond acceptors (Lipinski definition) is 4. The Morgan fingerprint density at radius 1 is 1.26 bits per heavy atom. The van der Waals surface area contributed by atoms with Crippen molar-refractivity contribution < 1.29 is 4.79 Å². The van der Waals surface area contributed by atoms with Gasteiger partial charge in [0.15, 0.2) is 0 Å². The van der Waals surface area contributed by atoms with E-state index in [-0.39, 0.29) is 17.4 Å². The summed E-state index contributed by atoms with van der Waals surface area (Å²) >= 11 is 0. The van der Waals surface area contributed by atoms with Gasteiger partial charge in [-0.3, -0.25) is 9.59 Å². The molecular formula is C21H24N4O2. The molecule has 140 valence electrons. The maximum absolute atomic E-state index is 12.4. The first-order valence-electron chi connectivity index (χ1n) is 9.21. The predicted molar refractivity (Wildman–Crippen MR) is 104 cm³/mol. The summed E-state index contributed by atoms with van der Waals surface area (Å²) in [5.74, 6) is -0.115.